The SMILES string of the molecule is CCCN(CCC)C(=O)CCn1cnc2ccccc21. The van der Waals surface area contributed by atoms with E-state index in [1.54, 1.807) is 0 Å². The summed E-state index contributed by atoms with van der Waals surface area (Å²) in [4.78, 5) is 18.6. The van der Waals surface area contributed by atoms with Gasteiger partial charge in [0.2, 0.25) is 5.91 Å². The van der Waals surface area contributed by atoms with Crippen molar-refractivity contribution in [1.82, 2.24) is 14.5 Å². The van der Waals surface area contributed by atoms with Crippen LogP contribution in [0.5, 0.6) is 0 Å². The second kappa shape index (κ2) is 7.08. The zero-order valence-electron chi connectivity index (χ0n) is 12.4. The van der Waals surface area contributed by atoms with E-state index in [9.17, 15) is 4.79 Å². The molecule has 1 heterocycles. The fraction of sp³-hybridized carbons (Fsp3) is 0.500. The molecule has 0 aliphatic heterocycles. The second-order valence-electron chi connectivity index (χ2n) is 5.06. The molecule has 0 spiro atoms. The number of carbonyl (C=O) groups is 1. The van der Waals surface area contributed by atoms with Crippen LogP contribution in [0, 0.1) is 0 Å². The second-order valence-corrected chi connectivity index (χ2v) is 5.06. The van der Waals surface area contributed by atoms with Crippen molar-refractivity contribution in [1.29, 1.82) is 0 Å². The number of amides is 1. The molecule has 0 fully saturated rings. The number of hydrogen-bond donors (Lipinski definition) is 0. The van der Waals surface area contributed by atoms with Crippen LogP contribution in [-0.2, 0) is 11.3 Å². The molecule has 0 saturated carbocycles. The van der Waals surface area contributed by atoms with Gasteiger partial charge in [-0.2, -0.15) is 0 Å². The van der Waals surface area contributed by atoms with E-state index in [1.165, 1.54) is 0 Å². The Morgan fingerprint density at radius 1 is 1.20 bits per heavy atom. The van der Waals surface area contributed by atoms with Crippen LogP contribution in [0.2, 0.25) is 0 Å². The number of nitrogens with zero attached hydrogens (tertiary/aromatic N) is 3. The van der Waals surface area contributed by atoms with Crippen LogP contribution in [0.4, 0.5) is 0 Å². The van der Waals surface area contributed by atoms with Crippen LogP contribution in [0.25, 0.3) is 11.0 Å². The van der Waals surface area contributed by atoms with Crippen LogP contribution >= 0.6 is 0 Å². The van der Waals surface area contributed by atoms with Crippen molar-refractivity contribution in [2.75, 3.05) is 13.1 Å². The first-order chi connectivity index (χ1) is 9.76. The Hall–Kier alpha value is -1.84. The number of imidazole rings is 1. The van der Waals surface area contributed by atoms with E-state index < -0.39 is 0 Å². The van der Waals surface area contributed by atoms with Gasteiger partial charge in [-0.3, -0.25) is 4.79 Å². The van der Waals surface area contributed by atoms with Gasteiger partial charge in [0.05, 0.1) is 17.4 Å². The highest BCUT2D eigenvalue weighted by molar-refractivity contribution is 5.77. The van der Waals surface area contributed by atoms with Gasteiger partial charge in [-0.05, 0) is 25.0 Å². The monoisotopic (exact) mass is 273 g/mol. The van der Waals surface area contributed by atoms with Gasteiger partial charge in [-0.1, -0.05) is 26.0 Å². The summed E-state index contributed by atoms with van der Waals surface area (Å²) in [7, 11) is 0. The number of aryl methyl sites for hydroxylation is 1. The van der Waals surface area contributed by atoms with Crippen molar-refractivity contribution in [2.45, 2.75) is 39.7 Å². The summed E-state index contributed by atoms with van der Waals surface area (Å²) in [5.41, 5.74) is 2.08. The molecule has 4 nitrogen and oxygen atoms in total. The van der Waals surface area contributed by atoms with Crippen molar-refractivity contribution in [2.24, 2.45) is 0 Å². The van der Waals surface area contributed by atoms with Crippen LogP contribution < -0.4 is 0 Å². The molecular formula is C16H23N3O. The normalized spacial score (nSPS) is 10.9. The quantitative estimate of drug-likeness (QED) is 0.777. The zero-order valence-corrected chi connectivity index (χ0v) is 12.4. The number of rotatable bonds is 7. The zero-order chi connectivity index (χ0) is 14.4. The average molecular weight is 273 g/mol. The molecule has 108 valence electrons. The van der Waals surface area contributed by atoms with Crippen LogP contribution in [0.15, 0.2) is 30.6 Å². The van der Waals surface area contributed by atoms with E-state index in [4.69, 9.17) is 0 Å². The van der Waals surface area contributed by atoms with E-state index in [-0.39, 0.29) is 5.91 Å². The molecule has 2 rings (SSSR count). The van der Waals surface area contributed by atoms with Crippen LogP contribution in [0.3, 0.4) is 0 Å². The summed E-state index contributed by atoms with van der Waals surface area (Å²) in [5, 5.41) is 0. The van der Waals surface area contributed by atoms with Crippen molar-refractivity contribution in [3.8, 4) is 0 Å². The smallest absolute Gasteiger partial charge is 0.224 e. The van der Waals surface area contributed by atoms with E-state index >= 15 is 0 Å². The molecule has 0 atom stereocenters. The predicted octanol–water partition coefficient (Wildman–Crippen LogP) is 3.08. The minimum absolute atomic E-state index is 0.242. The molecule has 0 saturated heterocycles. The maximum absolute atomic E-state index is 12.2. The fourth-order valence-corrected chi connectivity index (χ4v) is 2.46. The Balaban J connectivity index is 1.98. The number of carbonyl (C=O) groups excluding carboxylic acids is 1. The highest BCUT2D eigenvalue weighted by atomic mass is 16.2. The molecule has 1 aromatic heterocycles. The van der Waals surface area contributed by atoms with Gasteiger partial charge in [0.25, 0.3) is 0 Å². The third kappa shape index (κ3) is 3.38. The van der Waals surface area contributed by atoms with Gasteiger partial charge in [0, 0.05) is 26.1 Å². The lowest BCUT2D eigenvalue weighted by Gasteiger charge is -2.21. The summed E-state index contributed by atoms with van der Waals surface area (Å²) in [6.07, 6.45) is 4.39. The molecule has 1 aromatic carbocycles. The Kier molecular flexibility index (Phi) is 5.16. The molecule has 0 unspecified atom stereocenters. The predicted molar refractivity (Wildman–Crippen MR) is 81.5 cm³/mol. The van der Waals surface area contributed by atoms with Crippen molar-refractivity contribution < 1.29 is 4.79 Å². The minimum Gasteiger partial charge on any atom is -0.343 e. The number of benzene rings is 1. The minimum atomic E-state index is 0.242. The number of hydrogen-bond acceptors (Lipinski definition) is 2. The standard InChI is InChI=1S/C16H23N3O/c1-3-10-18(11-4-2)16(20)9-12-19-13-17-14-7-5-6-8-15(14)19/h5-8,13H,3-4,9-12H2,1-2H3. The third-order valence-electron chi connectivity index (χ3n) is 3.43. The lowest BCUT2D eigenvalue weighted by Crippen LogP contribution is -2.33. The summed E-state index contributed by atoms with van der Waals surface area (Å²) >= 11 is 0. The van der Waals surface area contributed by atoms with Gasteiger partial charge in [-0.15, -0.1) is 0 Å². The molecule has 2 aromatic rings. The van der Waals surface area contributed by atoms with Crippen LogP contribution in [-0.4, -0.2) is 33.4 Å². The third-order valence-corrected chi connectivity index (χ3v) is 3.43. The number of para-hydroxylation sites is 2. The number of aromatic nitrogens is 2. The molecule has 0 N–H and O–H groups in total. The van der Waals surface area contributed by atoms with Gasteiger partial charge < -0.3 is 9.47 Å². The fourth-order valence-electron chi connectivity index (χ4n) is 2.46. The summed E-state index contributed by atoms with van der Waals surface area (Å²) in [6, 6.07) is 8.02. The lowest BCUT2D eigenvalue weighted by atomic mass is 10.3. The van der Waals surface area contributed by atoms with Gasteiger partial charge in [0.15, 0.2) is 0 Å². The molecule has 1 amide bonds. The van der Waals surface area contributed by atoms with E-state index in [0.29, 0.717) is 13.0 Å². The number of fused-ring (bicyclic) bond motifs is 1. The van der Waals surface area contributed by atoms with Gasteiger partial charge in [0.1, 0.15) is 0 Å². The molecule has 20 heavy (non-hydrogen) atoms. The van der Waals surface area contributed by atoms with Crippen molar-refractivity contribution >= 4 is 16.9 Å². The Morgan fingerprint density at radius 2 is 1.90 bits per heavy atom. The molecule has 0 bridgehead atoms. The highest BCUT2D eigenvalue weighted by Crippen LogP contribution is 2.12. The van der Waals surface area contributed by atoms with Crippen molar-refractivity contribution in [3.05, 3.63) is 30.6 Å². The Labute approximate surface area is 120 Å². The summed E-state index contributed by atoms with van der Waals surface area (Å²) in [6.45, 7) is 6.64. The van der Waals surface area contributed by atoms with E-state index in [0.717, 1.165) is 37.0 Å². The summed E-state index contributed by atoms with van der Waals surface area (Å²) in [5.74, 6) is 0.242. The molecule has 0 aliphatic carbocycles. The average Bonchev–Trinajstić information content (AvgIpc) is 2.88. The van der Waals surface area contributed by atoms with Gasteiger partial charge in [-0.25, -0.2) is 4.98 Å². The Bertz CT molecular complexity index is 556. The molecule has 4 heteroatoms. The molecule has 0 aliphatic rings. The summed E-state index contributed by atoms with van der Waals surface area (Å²) < 4.78 is 2.06. The first kappa shape index (κ1) is 14.6. The maximum Gasteiger partial charge on any atom is 0.224 e. The highest BCUT2D eigenvalue weighted by Gasteiger charge is 2.12. The lowest BCUT2D eigenvalue weighted by molar-refractivity contribution is -0.131. The first-order valence-electron chi connectivity index (χ1n) is 7.44. The molecule has 0 radical (unpaired) electrons. The van der Waals surface area contributed by atoms with E-state index in [1.807, 2.05) is 35.5 Å². The Morgan fingerprint density at radius 3 is 2.60 bits per heavy atom. The molecular weight excluding hydrogens is 250 g/mol. The van der Waals surface area contributed by atoms with Gasteiger partial charge >= 0.3 is 0 Å². The van der Waals surface area contributed by atoms with E-state index in [2.05, 4.69) is 23.4 Å². The maximum atomic E-state index is 12.2. The largest absolute Gasteiger partial charge is 0.343 e. The van der Waals surface area contributed by atoms with Crippen LogP contribution in [0.1, 0.15) is 33.1 Å². The first-order valence-corrected chi connectivity index (χ1v) is 7.44. The topological polar surface area (TPSA) is 38.1 Å². The van der Waals surface area contributed by atoms with Crippen molar-refractivity contribution in [3.63, 3.8) is 0 Å².